The van der Waals surface area contributed by atoms with Crippen LogP contribution in [0.5, 0.6) is 0 Å². The van der Waals surface area contributed by atoms with Crippen LogP contribution in [0, 0.1) is 25.2 Å². The van der Waals surface area contributed by atoms with Crippen molar-refractivity contribution in [2.45, 2.75) is 33.2 Å². The predicted octanol–water partition coefficient (Wildman–Crippen LogP) is 3.33. The highest BCUT2D eigenvalue weighted by Gasteiger charge is 2.17. The van der Waals surface area contributed by atoms with Crippen LogP contribution < -0.4 is 10.4 Å². The van der Waals surface area contributed by atoms with Gasteiger partial charge in [-0.05, 0) is 50.5 Å². The van der Waals surface area contributed by atoms with Crippen molar-refractivity contribution < 1.29 is 0 Å². The van der Waals surface area contributed by atoms with Gasteiger partial charge in [-0.2, -0.15) is 5.26 Å². The van der Waals surface area contributed by atoms with Gasteiger partial charge in [0.25, 0.3) is 0 Å². The van der Waals surface area contributed by atoms with Gasteiger partial charge >= 0.3 is 0 Å². The maximum absolute atomic E-state index is 9.33. The number of rotatable bonds is 3. The lowest BCUT2D eigenvalue weighted by Crippen LogP contribution is -2.37. The van der Waals surface area contributed by atoms with Crippen LogP contribution in [0.25, 0.3) is 10.9 Å². The van der Waals surface area contributed by atoms with Gasteiger partial charge in [-0.1, -0.05) is 12.1 Å². The number of benzene rings is 1. The van der Waals surface area contributed by atoms with E-state index in [1.165, 1.54) is 6.42 Å². The fourth-order valence-electron chi connectivity index (χ4n) is 3.64. The molecule has 0 amide bonds. The Bertz CT molecular complexity index is 1160. The van der Waals surface area contributed by atoms with Crippen molar-refractivity contribution in [3.63, 3.8) is 0 Å². The summed E-state index contributed by atoms with van der Waals surface area (Å²) in [7, 11) is 2.00. The van der Waals surface area contributed by atoms with E-state index in [9.17, 15) is 5.26 Å². The minimum Gasteiger partial charge on any atom is -0.356 e. The molecule has 1 aliphatic heterocycles. The van der Waals surface area contributed by atoms with Crippen molar-refractivity contribution in [1.82, 2.24) is 14.5 Å². The van der Waals surface area contributed by atoms with Crippen molar-refractivity contribution in [2.75, 3.05) is 18.0 Å². The second kappa shape index (κ2) is 7.08. The van der Waals surface area contributed by atoms with Gasteiger partial charge in [0, 0.05) is 25.5 Å². The van der Waals surface area contributed by atoms with Crippen LogP contribution >= 0.6 is 0 Å². The Kier molecular flexibility index (Phi) is 4.60. The Labute approximate surface area is 164 Å². The minimum atomic E-state index is -0.100. The lowest BCUT2D eigenvalue weighted by Gasteiger charge is -2.32. The zero-order valence-electron chi connectivity index (χ0n) is 16.8. The molecule has 28 heavy (non-hydrogen) atoms. The summed E-state index contributed by atoms with van der Waals surface area (Å²) in [6, 6.07) is 10.1. The molecule has 1 atom stereocenters. The van der Waals surface area contributed by atoms with Gasteiger partial charge in [-0.15, -0.1) is 0 Å². The van der Waals surface area contributed by atoms with Crippen LogP contribution in [-0.2, 0) is 7.05 Å². The molecule has 0 radical (unpaired) electrons. The fraction of sp³-hybridized carbons (Fsp3) is 0.364. The van der Waals surface area contributed by atoms with Gasteiger partial charge in [0.2, 0.25) is 0 Å². The number of fused-ring (bicyclic) bond motifs is 1. The highest BCUT2D eigenvalue weighted by Crippen LogP contribution is 2.24. The first-order valence-electron chi connectivity index (χ1n) is 9.61. The summed E-state index contributed by atoms with van der Waals surface area (Å²) in [5.74, 6) is 1.87. The molecule has 1 saturated heterocycles. The standard InChI is InChI=1S/C22H24N6/c1-14-17(12-23)7-5-8-18(14)15(2)25-22-19-11-21(28-9-6-10-28)24-13-20(19)27(4)16(3)26-22/h5,7-8,11,13,15H,6,9-10H2,1-4H3/b25-22-/t15-/m1/s1. The monoisotopic (exact) mass is 372 g/mol. The molecule has 6 heteroatoms. The second-order valence-corrected chi connectivity index (χ2v) is 7.38. The maximum Gasteiger partial charge on any atom is 0.159 e. The van der Waals surface area contributed by atoms with Crippen LogP contribution in [0.15, 0.2) is 35.5 Å². The van der Waals surface area contributed by atoms with Crippen LogP contribution in [0.2, 0.25) is 0 Å². The molecular weight excluding hydrogens is 348 g/mol. The summed E-state index contributed by atoms with van der Waals surface area (Å²) < 4.78 is 2.05. The van der Waals surface area contributed by atoms with Crippen molar-refractivity contribution in [2.24, 2.45) is 12.0 Å². The third kappa shape index (κ3) is 3.03. The molecule has 3 aromatic rings. The van der Waals surface area contributed by atoms with Gasteiger partial charge in [-0.25, -0.2) is 9.97 Å². The average Bonchev–Trinajstić information content (AvgIpc) is 2.64. The lowest BCUT2D eigenvalue weighted by molar-refractivity contribution is 0.610. The van der Waals surface area contributed by atoms with Gasteiger partial charge < -0.3 is 9.47 Å². The molecule has 4 rings (SSSR count). The molecule has 0 saturated carbocycles. The zero-order valence-corrected chi connectivity index (χ0v) is 16.8. The quantitative estimate of drug-likeness (QED) is 0.707. The van der Waals surface area contributed by atoms with Crippen LogP contribution in [-0.4, -0.2) is 27.6 Å². The zero-order chi connectivity index (χ0) is 19.8. The molecule has 1 aliphatic rings. The number of hydrogen-bond donors (Lipinski definition) is 0. The number of aryl methyl sites for hydroxylation is 2. The lowest BCUT2D eigenvalue weighted by atomic mass is 9.98. The van der Waals surface area contributed by atoms with Crippen LogP contribution in [0.3, 0.4) is 0 Å². The van der Waals surface area contributed by atoms with Gasteiger partial charge in [0.1, 0.15) is 11.6 Å². The fourth-order valence-corrected chi connectivity index (χ4v) is 3.64. The van der Waals surface area contributed by atoms with E-state index in [1.54, 1.807) is 0 Å². The third-order valence-corrected chi connectivity index (χ3v) is 5.67. The number of pyridine rings is 1. The number of nitrogens with zero attached hydrogens (tertiary/aromatic N) is 6. The van der Waals surface area contributed by atoms with Crippen molar-refractivity contribution in [3.8, 4) is 6.07 Å². The first kappa shape index (κ1) is 18.2. The van der Waals surface area contributed by atoms with E-state index in [0.717, 1.165) is 52.2 Å². The molecule has 3 heterocycles. The Morgan fingerprint density at radius 3 is 2.71 bits per heavy atom. The molecule has 2 aromatic heterocycles. The van der Waals surface area contributed by atoms with Crippen molar-refractivity contribution in [3.05, 3.63) is 58.5 Å². The molecule has 0 spiro atoms. The highest BCUT2D eigenvalue weighted by atomic mass is 15.2. The minimum absolute atomic E-state index is 0.100. The summed E-state index contributed by atoms with van der Waals surface area (Å²) >= 11 is 0. The Morgan fingerprint density at radius 1 is 1.25 bits per heavy atom. The van der Waals surface area contributed by atoms with Gasteiger partial charge in [0.15, 0.2) is 5.49 Å². The maximum atomic E-state index is 9.33. The van der Waals surface area contributed by atoms with E-state index in [0.29, 0.717) is 5.56 Å². The number of aromatic nitrogens is 3. The van der Waals surface area contributed by atoms with E-state index in [1.807, 2.05) is 49.9 Å². The summed E-state index contributed by atoms with van der Waals surface area (Å²) in [5.41, 5.74) is 4.47. The molecule has 0 aliphatic carbocycles. The molecule has 0 unspecified atom stereocenters. The second-order valence-electron chi connectivity index (χ2n) is 7.38. The SMILES string of the molecule is Cc1c(C#N)cccc1[C@@H](C)/N=c1\nc(C)n(C)c2cnc(N3CCC3)cc12. The average molecular weight is 372 g/mol. The van der Waals surface area contributed by atoms with E-state index >= 15 is 0 Å². The smallest absolute Gasteiger partial charge is 0.159 e. The van der Waals surface area contributed by atoms with E-state index < -0.39 is 0 Å². The highest BCUT2D eigenvalue weighted by molar-refractivity contribution is 5.80. The molecule has 0 N–H and O–H groups in total. The predicted molar refractivity (Wildman–Crippen MR) is 110 cm³/mol. The molecule has 1 aromatic carbocycles. The molecule has 0 bridgehead atoms. The molecular formula is C22H24N6. The number of anilines is 1. The van der Waals surface area contributed by atoms with Crippen molar-refractivity contribution >= 4 is 16.7 Å². The topological polar surface area (TPSA) is 70.1 Å². The number of nitriles is 1. The largest absolute Gasteiger partial charge is 0.356 e. The van der Waals surface area contributed by atoms with Crippen LogP contribution in [0.4, 0.5) is 5.82 Å². The third-order valence-electron chi connectivity index (χ3n) is 5.67. The molecule has 142 valence electrons. The summed E-state index contributed by atoms with van der Waals surface area (Å²) in [6.45, 7) is 8.11. The Hall–Kier alpha value is -3.20. The van der Waals surface area contributed by atoms with E-state index in [4.69, 9.17) is 9.98 Å². The summed E-state index contributed by atoms with van der Waals surface area (Å²) in [6.07, 6.45) is 3.13. The Morgan fingerprint density at radius 2 is 2.04 bits per heavy atom. The molecule has 6 nitrogen and oxygen atoms in total. The van der Waals surface area contributed by atoms with E-state index in [2.05, 4.69) is 28.9 Å². The van der Waals surface area contributed by atoms with Crippen LogP contribution in [0.1, 0.15) is 41.9 Å². The summed E-state index contributed by atoms with van der Waals surface area (Å²) in [4.78, 5) is 16.6. The summed E-state index contributed by atoms with van der Waals surface area (Å²) in [5, 5.41) is 10.3. The van der Waals surface area contributed by atoms with E-state index in [-0.39, 0.29) is 6.04 Å². The van der Waals surface area contributed by atoms with Crippen molar-refractivity contribution in [1.29, 1.82) is 5.26 Å². The first-order chi connectivity index (χ1) is 13.5. The van der Waals surface area contributed by atoms with Gasteiger partial charge in [-0.3, -0.25) is 4.99 Å². The van der Waals surface area contributed by atoms with Gasteiger partial charge in [0.05, 0.1) is 29.4 Å². The molecule has 1 fully saturated rings. The number of hydrogen-bond acceptors (Lipinski definition) is 5. The normalized spacial score (nSPS) is 15.4. The first-order valence-corrected chi connectivity index (χ1v) is 9.61. The Balaban J connectivity index is 1.89.